The maximum absolute atomic E-state index is 11.4. The highest BCUT2D eigenvalue weighted by Crippen LogP contribution is 2.63. The van der Waals surface area contributed by atoms with Crippen molar-refractivity contribution >= 4 is 38.3 Å². The molecule has 0 heterocycles. The van der Waals surface area contributed by atoms with Gasteiger partial charge in [0.25, 0.3) is 0 Å². The second-order valence-corrected chi connectivity index (χ2v) is 8.81. The number of nitrogens with zero attached hydrogens (tertiary/aromatic N) is 1. The van der Waals surface area contributed by atoms with E-state index in [1.54, 1.807) is 0 Å². The lowest BCUT2D eigenvalue weighted by atomic mass is 9.80. The van der Waals surface area contributed by atoms with Crippen molar-refractivity contribution in [1.29, 1.82) is 0 Å². The van der Waals surface area contributed by atoms with Gasteiger partial charge in [0, 0.05) is 8.84 Å². The van der Waals surface area contributed by atoms with Crippen molar-refractivity contribution in [3.05, 3.63) is 0 Å². The number of hydrogen-bond acceptors (Lipinski definition) is 4. The number of rotatable bonds is 2. The van der Waals surface area contributed by atoms with E-state index in [4.69, 9.17) is 10.3 Å². The van der Waals surface area contributed by atoms with E-state index in [1.165, 1.54) is 0 Å². The molecule has 2 unspecified atom stereocenters. The zero-order valence-electron chi connectivity index (χ0n) is 8.98. The first-order valence-corrected chi connectivity index (χ1v) is 7.93. The van der Waals surface area contributed by atoms with Gasteiger partial charge in [0.1, 0.15) is 0 Å². The number of sulfonamides is 1. The van der Waals surface area contributed by atoms with Gasteiger partial charge in [0.2, 0.25) is 10.0 Å². The summed E-state index contributed by atoms with van der Waals surface area (Å²) in [6.07, 6.45) is 2.41. The van der Waals surface area contributed by atoms with Gasteiger partial charge in [0.15, 0.2) is 0 Å². The Balaban J connectivity index is 2.49. The molecule has 0 aliphatic heterocycles. The molecule has 0 saturated heterocycles. The minimum atomic E-state index is -3.56. The summed E-state index contributed by atoms with van der Waals surface area (Å²) in [5.41, 5.74) is 0.0373. The molecule has 2 aliphatic carbocycles. The molecule has 2 saturated carbocycles. The van der Waals surface area contributed by atoms with Gasteiger partial charge in [-0.15, -0.1) is 0 Å². The van der Waals surface area contributed by atoms with Crippen molar-refractivity contribution in [3.8, 4) is 0 Å². The summed E-state index contributed by atoms with van der Waals surface area (Å²) in [5, 5.41) is 17.5. The van der Waals surface area contributed by atoms with E-state index < -0.39 is 15.4 Å². The molecule has 3 N–H and O–H groups in total. The Morgan fingerprint density at radius 1 is 1.69 bits per heavy atom. The standard InChI is InChI=1S/C9H15IN2O3S/c1-8(10)6-2-3-9(8,5-16(11,14)15)7(4-6)12-13/h6,13H,2-5H2,1H3,(H2,11,14,15)/b12-7+/t6?,8?,9-/m1/s1. The Morgan fingerprint density at radius 3 is 2.75 bits per heavy atom. The van der Waals surface area contributed by atoms with Gasteiger partial charge in [-0.05, 0) is 32.1 Å². The van der Waals surface area contributed by atoms with E-state index in [1.807, 2.05) is 6.92 Å². The molecule has 2 bridgehead atoms. The zero-order chi connectivity index (χ0) is 12.2. The van der Waals surface area contributed by atoms with Crippen molar-refractivity contribution in [2.75, 3.05) is 5.75 Å². The van der Waals surface area contributed by atoms with Gasteiger partial charge in [-0.1, -0.05) is 27.7 Å². The maximum Gasteiger partial charge on any atom is 0.210 e. The monoisotopic (exact) mass is 358 g/mol. The Hall–Kier alpha value is 0.110. The molecule has 2 rings (SSSR count). The van der Waals surface area contributed by atoms with Gasteiger partial charge in [-0.3, -0.25) is 0 Å². The predicted molar refractivity (Wildman–Crippen MR) is 69.4 cm³/mol. The smallest absolute Gasteiger partial charge is 0.210 e. The van der Waals surface area contributed by atoms with Crippen LogP contribution in [0.15, 0.2) is 5.16 Å². The fraction of sp³-hybridized carbons (Fsp3) is 0.889. The quantitative estimate of drug-likeness (QED) is 0.335. The number of oxime groups is 1. The lowest BCUT2D eigenvalue weighted by Gasteiger charge is -2.35. The van der Waals surface area contributed by atoms with Crippen LogP contribution in [0.2, 0.25) is 0 Å². The van der Waals surface area contributed by atoms with E-state index in [2.05, 4.69) is 27.7 Å². The molecule has 0 spiro atoms. The fourth-order valence-corrected chi connectivity index (χ4v) is 6.11. The lowest BCUT2D eigenvalue weighted by molar-refractivity contribution is 0.305. The molecule has 16 heavy (non-hydrogen) atoms. The molecule has 92 valence electrons. The normalized spacial score (nSPS) is 45.4. The highest BCUT2D eigenvalue weighted by molar-refractivity contribution is 14.1. The molecular weight excluding hydrogens is 343 g/mol. The molecule has 5 nitrogen and oxygen atoms in total. The molecule has 3 atom stereocenters. The SMILES string of the molecule is CC1(I)C2CC[C@@]1(CS(N)(=O)=O)/C(=N/O)C2. The molecule has 0 aromatic carbocycles. The number of halogens is 1. The van der Waals surface area contributed by atoms with Crippen LogP contribution in [0.5, 0.6) is 0 Å². The van der Waals surface area contributed by atoms with Crippen LogP contribution in [0.25, 0.3) is 0 Å². The average Bonchev–Trinajstić information content (AvgIpc) is 2.47. The van der Waals surface area contributed by atoms with Crippen LogP contribution in [0, 0.1) is 11.3 Å². The Kier molecular flexibility index (Phi) is 2.79. The van der Waals surface area contributed by atoms with Gasteiger partial charge >= 0.3 is 0 Å². The van der Waals surface area contributed by atoms with Crippen LogP contribution in [0.4, 0.5) is 0 Å². The molecular formula is C9H15IN2O3S. The molecule has 0 aromatic rings. The van der Waals surface area contributed by atoms with Crippen LogP contribution in [0.1, 0.15) is 26.2 Å². The number of primary sulfonamides is 1. The van der Waals surface area contributed by atoms with Crippen LogP contribution in [-0.2, 0) is 10.0 Å². The number of alkyl halides is 1. The van der Waals surface area contributed by atoms with Gasteiger partial charge in [-0.25, -0.2) is 13.6 Å². The Labute approximate surface area is 109 Å². The summed E-state index contributed by atoms with van der Waals surface area (Å²) >= 11 is 2.30. The Morgan fingerprint density at radius 2 is 2.31 bits per heavy atom. The van der Waals surface area contributed by atoms with Gasteiger partial charge in [-0.2, -0.15) is 0 Å². The molecule has 0 aromatic heterocycles. The summed E-state index contributed by atoms with van der Waals surface area (Å²) in [4.78, 5) is 0. The van der Waals surface area contributed by atoms with Crippen molar-refractivity contribution < 1.29 is 13.6 Å². The lowest BCUT2D eigenvalue weighted by Crippen LogP contribution is -2.46. The summed E-state index contributed by atoms with van der Waals surface area (Å²) in [6, 6.07) is 0. The molecule has 2 aliphatic rings. The Bertz CT molecular complexity index is 446. The van der Waals surface area contributed by atoms with E-state index in [0.717, 1.165) is 12.8 Å². The number of hydrogen-bond donors (Lipinski definition) is 2. The van der Waals surface area contributed by atoms with Crippen molar-refractivity contribution in [1.82, 2.24) is 0 Å². The van der Waals surface area contributed by atoms with E-state index in [9.17, 15) is 8.42 Å². The number of fused-ring (bicyclic) bond motifs is 2. The molecule has 0 radical (unpaired) electrons. The summed E-state index contributed by atoms with van der Waals surface area (Å²) in [7, 11) is -3.56. The molecule has 2 fully saturated rings. The maximum atomic E-state index is 11.4. The average molecular weight is 358 g/mol. The third-order valence-electron chi connectivity index (χ3n) is 4.18. The molecule has 0 amide bonds. The van der Waals surface area contributed by atoms with Crippen LogP contribution in [-0.4, -0.2) is 28.5 Å². The highest BCUT2D eigenvalue weighted by Gasteiger charge is 2.65. The third kappa shape index (κ3) is 1.59. The zero-order valence-corrected chi connectivity index (χ0v) is 12.0. The summed E-state index contributed by atoms with van der Waals surface area (Å²) < 4.78 is 22.5. The minimum absolute atomic E-state index is 0.116. The van der Waals surface area contributed by atoms with Crippen LogP contribution in [0.3, 0.4) is 0 Å². The van der Waals surface area contributed by atoms with Crippen LogP contribution < -0.4 is 5.14 Å². The minimum Gasteiger partial charge on any atom is -0.411 e. The fourth-order valence-electron chi connectivity index (χ4n) is 3.25. The van der Waals surface area contributed by atoms with Crippen LogP contribution >= 0.6 is 22.6 Å². The van der Waals surface area contributed by atoms with Crippen molar-refractivity contribution in [2.45, 2.75) is 29.6 Å². The first kappa shape index (κ1) is 12.6. The second-order valence-electron chi connectivity index (χ2n) is 4.95. The first-order chi connectivity index (χ1) is 7.23. The first-order valence-electron chi connectivity index (χ1n) is 5.14. The molecule has 7 heteroatoms. The third-order valence-corrected chi connectivity index (χ3v) is 6.99. The second kappa shape index (κ2) is 3.55. The van der Waals surface area contributed by atoms with Crippen molar-refractivity contribution in [3.63, 3.8) is 0 Å². The van der Waals surface area contributed by atoms with Gasteiger partial charge in [0.05, 0.1) is 11.5 Å². The van der Waals surface area contributed by atoms with Gasteiger partial charge < -0.3 is 5.21 Å². The highest BCUT2D eigenvalue weighted by atomic mass is 127. The predicted octanol–water partition coefficient (Wildman–Crippen LogP) is 1.10. The van der Waals surface area contributed by atoms with Crippen molar-refractivity contribution in [2.24, 2.45) is 21.6 Å². The number of nitrogens with two attached hydrogens (primary N) is 1. The summed E-state index contributed by atoms with van der Waals surface area (Å²) in [6.45, 7) is 2.04. The largest absolute Gasteiger partial charge is 0.411 e. The van der Waals surface area contributed by atoms with E-state index in [-0.39, 0.29) is 9.17 Å². The summed E-state index contributed by atoms with van der Waals surface area (Å²) in [5.74, 6) is 0.274. The topological polar surface area (TPSA) is 92.8 Å². The van der Waals surface area contributed by atoms with E-state index >= 15 is 0 Å². The van der Waals surface area contributed by atoms with E-state index in [0.29, 0.717) is 18.1 Å².